The van der Waals surface area contributed by atoms with Gasteiger partial charge in [0.05, 0.1) is 22.9 Å². The third-order valence-corrected chi connectivity index (χ3v) is 3.82. The minimum atomic E-state index is -0.0496. The molecule has 20 heavy (non-hydrogen) atoms. The maximum Gasteiger partial charge on any atom is 0.251 e. The molecule has 0 fully saturated rings. The predicted molar refractivity (Wildman–Crippen MR) is 80.2 cm³/mol. The second kappa shape index (κ2) is 5.46. The van der Waals surface area contributed by atoms with Crippen LogP contribution < -0.4 is 9.64 Å². The number of aryl methyl sites for hydroxylation is 1. The molecule has 0 radical (unpaired) electrons. The minimum absolute atomic E-state index is 0.0496. The van der Waals surface area contributed by atoms with Gasteiger partial charge >= 0.3 is 0 Å². The monoisotopic (exact) mass is 286 g/mol. The molecule has 5 heteroatoms. The molecule has 0 unspecified atom stereocenters. The zero-order valence-corrected chi connectivity index (χ0v) is 11.9. The van der Waals surface area contributed by atoms with Gasteiger partial charge in [-0.2, -0.15) is 0 Å². The number of fused-ring (bicyclic) bond motifs is 1. The molecule has 1 aliphatic rings. The average Bonchev–Trinajstić information content (AvgIpc) is 2.90. The molecule has 0 spiro atoms. The van der Waals surface area contributed by atoms with Crippen molar-refractivity contribution in [1.29, 1.82) is 0 Å². The van der Waals surface area contributed by atoms with Crippen LogP contribution in [0, 0.1) is 6.92 Å². The number of anilines is 1. The van der Waals surface area contributed by atoms with E-state index in [4.69, 9.17) is 4.74 Å². The third kappa shape index (κ3) is 2.58. The van der Waals surface area contributed by atoms with Gasteiger partial charge in [0.25, 0.3) is 5.91 Å². The van der Waals surface area contributed by atoms with E-state index in [-0.39, 0.29) is 5.91 Å². The van der Waals surface area contributed by atoms with E-state index < -0.39 is 0 Å². The van der Waals surface area contributed by atoms with E-state index in [9.17, 15) is 4.79 Å². The lowest BCUT2D eigenvalue weighted by Gasteiger charge is -2.28. The molecule has 1 aromatic heterocycles. The number of hydrogen-bond donors (Lipinski definition) is 0. The first-order chi connectivity index (χ1) is 9.74. The summed E-state index contributed by atoms with van der Waals surface area (Å²) < 4.78 is 5.54. The summed E-state index contributed by atoms with van der Waals surface area (Å²) >= 11 is 1.57. The maximum atomic E-state index is 12.3. The lowest BCUT2D eigenvalue weighted by molar-refractivity contribution is -0.114. The predicted octanol–water partition coefficient (Wildman–Crippen LogP) is 2.89. The lowest BCUT2D eigenvalue weighted by atomic mass is 10.2. The Kier molecular flexibility index (Phi) is 3.52. The highest BCUT2D eigenvalue weighted by atomic mass is 32.1. The maximum absolute atomic E-state index is 12.3. The van der Waals surface area contributed by atoms with Crippen LogP contribution in [-0.2, 0) is 4.79 Å². The van der Waals surface area contributed by atoms with Crippen molar-refractivity contribution < 1.29 is 9.53 Å². The smallest absolute Gasteiger partial charge is 0.251 e. The van der Waals surface area contributed by atoms with Gasteiger partial charge < -0.3 is 9.64 Å². The Morgan fingerprint density at radius 3 is 3.10 bits per heavy atom. The molecule has 2 heterocycles. The number of ether oxygens (including phenoxy) is 1. The van der Waals surface area contributed by atoms with E-state index in [0.717, 1.165) is 22.1 Å². The number of nitrogens with zero attached hydrogens (tertiary/aromatic N) is 2. The zero-order chi connectivity index (χ0) is 13.9. The number of aromatic nitrogens is 1. The van der Waals surface area contributed by atoms with Gasteiger partial charge in [-0.1, -0.05) is 12.1 Å². The van der Waals surface area contributed by atoms with Crippen LogP contribution >= 0.6 is 11.3 Å². The molecule has 0 aliphatic carbocycles. The molecular formula is C15H14N2O2S. The van der Waals surface area contributed by atoms with E-state index in [1.54, 1.807) is 28.4 Å². The fraction of sp³-hybridized carbons (Fsp3) is 0.200. The summed E-state index contributed by atoms with van der Waals surface area (Å²) in [6.07, 6.45) is 3.32. The lowest BCUT2D eigenvalue weighted by Crippen LogP contribution is -2.36. The number of rotatable bonds is 2. The summed E-state index contributed by atoms with van der Waals surface area (Å²) in [5, 5.41) is 2.93. The van der Waals surface area contributed by atoms with Crippen molar-refractivity contribution in [3.05, 3.63) is 46.4 Å². The number of carbonyl (C=O) groups excluding carboxylic acids is 1. The summed E-state index contributed by atoms with van der Waals surface area (Å²) in [7, 11) is 0. The van der Waals surface area contributed by atoms with Crippen molar-refractivity contribution in [3.8, 4) is 5.75 Å². The molecule has 3 rings (SSSR count). The molecule has 1 aromatic carbocycles. The van der Waals surface area contributed by atoms with E-state index in [0.29, 0.717) is 13.2 Å². The molecule has 1 aliphatic heterocycles. The van der Waals surface area contributed by atoms with E-state index in [1.807, 2.05) is 36.6 Å². The van der Waals surface area contributed by atoms with Crippen molar-refractivity contribution in [2.45, 2.75) is 6.92 Å². The van der Waals surface area contributed by atoms with Crippen LogP contribution in [0.1, 0.15) is 10.7 Å². The fourth-order valence-electron chi connectivity index (χ4n) is 2.10. The molecule has 0 saturated carbocycles. The molecule has 0 N–H and O–H groups in total. The second-order valence-electron chi connectivity index (χ2n) is 4.43. The first kappa shape index (κ1) is 12.9. The summed E-state index contributed by atoms with van der Waals surface area (Å²) in [4.78, 5) is 18.3. The molecule has 0 atom stereocenters. The Morgan fingerprint density at radius 1 is 1.45 bits per heavy atom. The Morgan fingerprint density at radius 2 is 2.30 bits per heavy atom. The van der Waals surface area contributed by atoms with Crippen LogP contribution in [0.2, 0.25) is 0 Å². The fourth-order valence-corrected chi connectivity index (χ4v) is 2.68. The number of benzene rings is 1. The number of carbonyl (C=O) groups is 1. The van der Waals surface area contributed by atoms with Gasteiger partial charge in [-0.05, 0) is 25.1 Å². The van der Waals surface area contributed by atoms with Crippen LogP contribution in [0.5, 0.6) is 5.75 Å². The minimum Gasteiger partial charge on any atom is -0.490 e. The van der Waals surface area contributed by atoms with Crippen LogP contribution in [-0.4, -0.2) is 24.0 Å². The molecular weight excluding hydrogens is 272 g/mol. The highest BCUT2D eigenvalue weighted by molar-refractivity contribution is 7.09. The highest BCUT2D eigenvalue weighted by Crippen LogP contribution is 2.31. The molecule has 0 saturated heterocycles. The standard InChI is InChI=1S/C15H14N2O2S/c1-11-16-12(10-20-11)6-7-15(18)17-8-9-19-14-5-3-2-4-13(14)17/h2-7,10H,8-9H2,1H3/b7-6+. The van der Waals surface area contributed by atoms with Gasteiger partial charge in [-0.25, -0.2) is 4.98 Å². The Bertz CT molecular complexity index is 663. The van der Waals surface area contributed by atoms with Gasteiger partial charge in [0, 0.05) is 11.5 Å². The first-order valence-electron chi connectivity index (χ1n) is 6.37. The summed E-state index contributed by atoms with van der Waals surface area (Å²) in [6, 6.07) is 7.58. The van der Waals surface area contributed by atoms with Crippen LogP contribution in [0.3, 0.4) is 0 Å². The van der Waals surface area contributed by atoms with Crippen molar-refractivity contribution in [1.82, 2.24) is 4.98 Å². The third-order valence-electron chi connectivity index (χ3n) is 3.03. The zero-order valence-electron chi connectivity index (χ0n) is 11.1. The van der Waals surface area contributed by atoms with E-state index in [1.165, 1.54) is 0 Å². The number of para-hydroxylation sites is 2. The summed E-state index contributed by atoms with van der Waals surface area (Å²) in [5.41, 5.74) is 1.64. The van der Waals surface area contributed by atoms with Gasteiger partial charge in [0.1, 0.15) is 12.4 Å². The van der Waals surface area contributed by atoms with E-state index >= 15 is 0 Å². The SMILES string of the molecule is Cc1nc(/C=C/C(=O)N2CCOc3ccccc32)cs1. The Labute approximate surface area is 121 Å². The highest BCUT2D eigenvalue weighted by Gasteiger charge is 2.21. The second-order valence-corrected chi connectivity index (χ2v) is 5.49. The Balaban J connectivity index is 1.80. The van der Waals surface area contributed by atoms with Gasteiger partial charge in [-0.15, -0.1) is 11.3 Å². The van der Waals surface area contributed by atoms with Crippen molar-refractivity contribution >= 4 is 29.0 Å². The quantitative estimate of drug-likeness (QED) is 0.797. The topological polar surface area (TPSA) is 42.4 Å². The van der Waals surface area contributed by atoms with Crippen molar-refractivity contribution in [3.63, 3.8) is 0 Å². The molecule has 0 bridgehead atoms. The van der Waals surface area contributed by atoms with Gasteiger partial charge in [-0.3, -0.25) is 4.79 Å². The van der Waals surface area contributed by atoms with E-state index in [2.05, 4.69) is 4.98 Å². The summed E-state index contributed by atoms with van der Waals surface area (Å²) in [6.45, 7) is 3.03. The Hall–Kier alpha value is -2.14. The van der Waals surface area contributed by atoms with Crippen LogP contribution in [0.4, 0.5) is 5.69 Å². The van der Waals surface area contributed by atoms with Crippen LogP contribution in [0.15, 0.2) is 35.7 Å². The molecule has 102 valence electrons. The first-order valence-corrected chi connectivity index (χ1v) is 7.25. The van der Waals surface area contributed by atoms with Crippen LogP contribution in [0.25, 0.3) is 6.08 Å². The van der Waals surface area contributed by atoms with Crippen molar-refractivity contribution in [2.24, 2.45) is 0 Å². The van der Waals surface area contributed by atoms with Gasteiger partial charge in [0.2, 0.25) is 0 Å². The largest absolute Gasteiger partial charge is 0.490 e. The number of thiazole rings is 1. The molecule has 1 amide bonds. The number of hydrogen-bond acceptors (Lipinski definition) is 4. The molecule has 2 aromatic rings. The number of amides is 1. The van der Waals surface area contributed by atoms with Gasteiger partial charge in [0.15, 0.2) is 0 Å². The normalized spacial score (nSPS) is 14.2. The molecule has 4 nitrogen and oxygen atoms in total. The van der Waals surface area contributed by atoms with Crippen molar-refractivity contribution in [2.75, 3.05) is 18.1 Å². The average molecular weight is 286 g/mol. The summed E-state index contributed by atoms with van der Waals surface area (Å²) in [5.74, 6) is 0.705.